The van der Waals surface area contributed by atoms with Gasteiger partial charge in [-0.3, -0.25) is 38.8 Å². The van der Waals surface area contributed by atoms with Gasteiger partial charge in [-0.25, -0.2) is 0 Å². The highest BCUT2D eigenvalue weighted by Crippen LogP contribution is 2.41. The summed E-state index contributed by atoms with van der Waals surface area (Å²) in [6, 6.07) is 40.2. The Hall–Kier alpha value is -10.0. The molecule has 0 bridgehead atoms. The Morgan fingerprint density at radius 2 is 0.674 bits per heavy atom. The van der Waals surface area contributed by atoms with Crippen LogP contribution in [0.4, 0.5) is 0 Å². The minimum Gasteiger partial charge on any atom is -0.497 e. The number of fused-ring (bicyclic) bond motifs is 6. The van der Waals surface area contributed by atoms with Crippen LogP contribution in [-0.2, 0) is 151 Å². The molecule has 0 N–H and O–H groups in total. The quantitative estimate of drug-likeness (QED) is 0.0439. The van der Waals surface area contributed by atoms with Crippen LogP contribution in [-0.4, -0.2) is 238 Å². The first kappa shape index (κ1) is 109. The molecule has 0 aliphatic heterocycles. The summed E-state index contributed by atoms with van der Waals surface area (Å²) in [4.78, 5) is 60.4. The van der Waals surface area contributed by atoms with Crippen LogP contribution in [0.1, 0.15) is 192 Å². The molecule has 12 aromatic rings. The molecular weight excluding hydrogens is 1650 g/mol. The first-order chi connectivity index (χ1) is 61.2. The molecule has 21 nitrogen and oxygen atoms in total. The summed E-state index contributed by atoms with van der Waals surface area (Å²) >= 11 is 0. The van der Waals surface area contributed by atoms with Crippen molar-refractivity contribution in [3.8, 4) is 5.75 Å². The van der Waals surface area contributed by atoms with Crippen LogP contribution < -0.4 is 4.74 Å². The van der Waals surface area contributed by atoms with E-state index in [1.54, 1.807) is 7.11 Å². The monoisotopic (exact) mass is 1810 g/mol. The SMILES string of the molecule is CN(C)CCc1c(C(C)(C)C)n(C)c2ccccc12.COC(=O)C(Cc1cn(C)c2c(C(C)(C)C)cccc12)N(C)C.COC(=O)C(Cc1cn(C)c2cc(C(C)(C)C)ccc12)N(C)C.COC(=O)C(Cc1cn(C)c2ccc(C(C)(C)C)cc12)N(C)C.COC(=O)C(Cc1cn(C)c2cccc(C(C)(C)C)c12)N(C)C.COc1ccc2c(c1)c(CCN(C)C)c(C(C)(C)C)n2C. The fourth-order valence-electron chi connectivity index (χ4n) is 18.3. The van der Waals surface area contributed by atoms with E-state index in [9.17, 15) is 19.2 Å². The van der Waals surface area contributed by atoms with Crippen LogP contribution in [0.3, 0.4) is 0 Å². The normalized spacial score (nSPS) is 13.2. The van der Waals surface area contributed by atoms with Gasteiger partial charge in [0.15, 0.2) is 0 Å². The average Bonchev–Trinajstić information content (AvgIpc) is 1.61. The van der Waals surface area contributed by atoms with E-state index in [0.29, 0.717) is 25.7 Å². The minimum absolute atomic E-state index is 0.0501. The molecular formula is C111H166N12O9. The van der Waals surface area contributed by atoms with E-state index >= 15 is 0 Å². The molecule has 6 aromatic heterocycles. The highest BCUT2D eigenvalue weighted by Gasteiger charge is 2.33. The first-order valence-corrected chi connectivity index (χ1v) is 46.5. The summed E-state index contributed by atoms with van der Waals surface area (Å²) in [5.41, 5.74) is 24.0. The van der Waals surface area contributed by atoms with Gasteiger partial charge in [0.25, 0.3) is 0 Å². The number of aryl methyl sites for hydroxylation is 6. The summed E-state index contributed by atoms with van der Waals surface area (Å²) in [6.45, 7) is 42.6. The van der Waals surface area contributed by atoms with Crippen molar-refractivity contribution in [2.24, 2.45) is 42.3 Å². The molecule has 6 aromatic carbocycles. The molecule has 0 aliphatic carbocycles. The van der Waals surface area contributed by atoms with Gasteiger partial charge in [-0.05, 0) is 223 Å². The first-order valence-electron chi connectivity index (χ1n) is 46.5. The highest BCUT2D eigenvalue weighted by atomic mass is 16.5. The van der Waals surface area contributed by atoms with E-state index in [4.69, 9.17) is 23.7 Å². The van der Waals surface area contributed by atoms with Gasteiger partial charge in [-0.1, -0.05) is 191 Å². The third kappa shape index (κ3) is 26.8. The number of likely N-dealkylation sites (N-methyl/N-ethyl adjacent to an activating group) is 6. The van der Waals surface area contributed by atoms with Crippen molar-refractivity contribution in [2.75, 3.05) is 133 Å². The zero-order chi connectivity index (χ0) is 99.4. The molecule has 0 fully saturated rings. The second-order valence-corrected chi connectivity index (χ2v) is 43.5. The lowest BCUT2D eigenvalue weighted by atomic mass is 9.83. The summed E-state index contributed by atoms with van der Waals surface area (Å²) in [5, 5.41) is 7.64. The van der Waals surface area contributed by atoms with Gasteiger partial charge in [0.2, 0.25) is 0 Å². The largest absolute Gasteiger partial charge is 0.497 e. The van der Waals surface area contributed by atoms with Crippen LogP contribution in [0.5, 0.6) is 5.75 Å². The number of carbonyl (C=O) groups excluding carboxylic acids is 4. The van der Waals surface area contributed by atoms with Crippen molar-refractivity contribution in [1.29, 1.82) is 0 Å². The van der Waals surface area contributed by atoms with Crippen molar-refractivity contribution in [3.05, 3.63) is 207 Å². The number of carbonyl (C=O) groups is 4. The molecule has 0 saturated carbocycles. The Morgan fingerprint density at radius 1 is 0.318 bits per heavy atom. The molecule has 6 heterocycles. The second kappa shape index (κ2) is 44.9. The zero-order valence-electron chi connectivity index (χ0n) is 88.8. The predicted molar refractivity (Wildman–Crippen MR) is 554 cm³/mol. The lowest BCUT2D eigenvalue weighted by Gasteiger charge is -2.24. The van der Waals surface area contributed by atoms with Crippen molar-refractivity contribution in [1.82, 2.24) is 56.8 Å². The van der Waals surface area contributed by atoms with Crippen LogP contribution in [0.15, 0.2) is 140 Å². The van der Waals surface area contributed by atoms with Crippen LogP contribution in [0.2, 0.25) is 0 Å². The van der Waals surface area contributed by atoms with Crippen molar-refractivity contribution in [3.63, 3.8) is 0 Å². The minimum atomic E-state index is -0.279. The van der Waals surface area contributed by atoms with E-state index in [1.165, 1.54) is 161 Å². The van der Waals surface area contributed by atoms with Gasteiger partial charge in [0, 0.05) is 188 Å². The average molecular weight is 1810 g/mol. The molecule has 0 aliphatic rings. The van der Waals surface area contributed by atoms with E-state index < -0.39 is 0 Å². The number of hydrogen-bond acceptors (Lipinski definition) is 15. The molecule has 21 heteroatoms. The van der Waals surface area contributed by atoms with E-state index in [-0.39, 0.29) is 80.5 Å². The van der Waals surface area contributed by atoms with Gasteiger partial charge >= 0.3 is 23.9 Å². The van der Waals surface area contributed by atoms with Gasteiger partial charge in [-0.15, -0.1) is 0 Å². The fourth-order valence-corrected chi connectivity index (χ4v) is 18.3. The summed E-state index contributed by atoms with van der Waals surface area (Å²) in [6.07, 6.45) is 13.3. The number of methoxy groups -OCH3 is 5. The Bertz CT molecular complexity index is 5850. The van der Waals surface area contributed by atoms with Crippen molar-refractivity contribution < 1.29 is 42.9 Å². The van der Waals surface area contributed by atoms with Gasteiger partial charge in [0.1, 0.15) is 29.9 Å². The number of esters is 4. The topological polar surface area (TPSA) is 163 Å². The number of benzene rings is 6. The lowest BCUT2D eigenvalue weighted by molar-refractivity contribution is -0.146. The van der Waals surface area contributed by atoms with Crippen LogP contribution >= 0.6 is 0 Å². The summed E-state index contributed by atoms with van der Waals surface area (Å²) in [5.74, 6) is 0.149. The van der Waals surface area contributed by atoms with Crippen LogP contribution in [0, 0.1) is 0 Å². The molecule has 4 atom stereocenters. The smallest absolute Gasteiger partial charge is 0.323 e. The maximum absolute atomic E-state index is 12.1. The summed E-state index contributed by atoms with van der Waals surface area (Å²) in [7, 11) is 43.9. The molecule has 724 valence electrons. The van der Waals surface area contributed by atoms with Gasteiger partial charge in [-0.2, -0.15) is 0 Å². The Morgan fingerprint density at radius 3 is 1.11 bits per heavy atom. The van der Waals surface area contributed by atoms with E-state index in [0.717, 1.165) is 31.7 Å². The van der Waals surface area contributed by atoms with Gasteiger partial charge in [0.05, 0.1) is 41.1 Å². The molecule has 4 unspecified atom stereocenters. The number of hydrogen-bond donors (Lipinski definition) is 0. The number of aromatic nitrogens is 6. The maximum Gasteiger partial charge on any atom is 0.323 e. The third-order valence-electron chi connectivity index (χ3n) is 25.5. The Labute approximate surface area is 792 Å². The zero-order valence-corrected chi connectivity index (χ0v) is 88.8. The Balaban J connectivity index is 0.000000217. The predicted octanol–water partition coefficient (Wildman–Crippen LogP) is 19.7. The fraction of sp³-hybridized carbons (Fsp3) is 0.532. The standard InChI is InChI=1S/4C19H28N2O2.C18H28N2O.C17H26N2/c1-19(2,3)14-8-9-16-15(11-14)13(12-21(16)6)10-17(20(4)5)18(22)23-7;1-19(2,3)14-8-9-15-13(12-21(6)16(15)11-14)10-17(20(4)5)18(22)23-7;1-19(2,3)14-9-8-10-15-17(14)13(12-21(15)6)11-16(20(4)5)18(22)23-7;1-19(2,3)15-10-8-9-14-13(12-21(6)17(14)15)11-16(20(4)5)18(22)23-7;1-18(2,3)17-14(10-11-19(4)5)15-12-13(21-7)8-9-16(15)20(17)6;1-17(2,3)16-14(11-12-18(4)5)13-9-7-8-10-15(13)19(16)6/h2*8-9,11-12,17H,10H2,1-7H3;2*8-10,12,16H,11H2,1-7H3;8-9,12H,10-11H2,1-7H3;7-10H,11-12H2,1-6H3. The van der Waals surface area contributed by atoms with E-state index in [1.807, 2.05) is 89.1 Å². The second-order valence-electron chi connectivity index (χ2n) is 43.5. The molecule has 132 heavy (non-hydrogen) atoms. The Kier molecular flexibility index (Phi) is 37.1. The lowest BCUT2D eigenvalue weighted by Crippen LogP contribution is -2.38. The molecule has 0 saturated heterocycles. The third-order valence-corrected chi connectivity index (χ3v) is 25.5. The molecule has 0 spiro atoms. The summed E-state index contributed by atoms with van der Waals surface area (Å²) < 4.78 is 38.6. The molecule has 0 radical (unpaired) electrons. The van der Waals surface area contributed by atoms with Crippen LogP contribution in [0.25, 0.3) is 65.4 Å². The van der Waals surface area contributed by atoms with Gasteiger partial charge < -0.3 is 60.9 Å². The van der Waals surface area contributed by atoms with E-state index in [2.05, 4.69) is 359 Å². The number of nitrogens with zero attached hydrogens (tertiary/aromatic N) is 12. The highest BCUT2D eigenvalue weighted by molar-refractivity contribution is 5.93. The number of para-hydroxylation sites is 2. The van der Waals surface area contributed by atoms with Crippen molar-refractivity contribution >= 4 is 89.3 Å². The van der Waals surface area contributed by atoms with Crippen molar-refractivity contribution in [2.45, 2.75) is 220 Å². The number of ether oxygens (including phenoxy) is 5. The maximum atomic E-state index is 12.1. The number of rotatable bonds is 23. The molecule has 0 amide bonds. The molecule has 12 rings (SSSR count).